The second-order valence-electron chi connectivity index (χ2n) is 5.42. The van der Waals surface area contributed by atoms with Gasteiger partial charge in [-0.2, -0.15) is 0 Å². The first kappa shape index (κ1) is 15.6. The van der Waals surface area contributed by atoms with Crippen molar-refractivity contribution < 1.29 is 14.7 Å². The van der Waals surface area contributed by atoms with Gasteiger partial charge >= 0.3 is 5.97 Å². The van der Waals surface area contributed by atoms with Gasteiger partial charge in [0.05, 0.1) is 11.5 Å². The van der Waals surface area contributed by atoms with Crippen LogP contribution >= 0.6 is 11.6 Å². The first-order chi connectivity index (χ1) is 9.99. The van der Waals surface area contributed by atoms with Crippen LogP contribution in [0.5, 0.6) is 0 Å². The summed E-state index contributed by atoms with van der Waals surface area (Å²) in [5, 5.41) is 12.9. The third-order valence-corrected chi connectivity index (χ3v) is 4.26. The van der Waals surface area contributed by atoms with Crippen LogP contribution < -0.4 is 11.1 Å². The van der Waals surface area contributed by atoms with Crippen LogP contribution in [0.1, 0.15) is 36.0 Å². The van der Waals surface area contributed by atoms with Crippen LogP contribution in [-0.4, -0.2) is 23.5 Å². The molecule has 1 aliphatic carbocycles. The number of hydrogen-bond donors (Lipinski definition) is 3. The normalized spacial score (nSPS) is 21.8. The van der Waals surface area contributed by atoms with Gasteiger partial charge < -0.3 is 16.2 Å². The molecule has 0 heterocycles. The zero-order valence-corrected chi connectivity index (χ0v) is 12.4. The van der Waals surface area contributed by atoms with Crippen molar-refractivity contribution in [2.45, 2.75) is 25.7 Å². The maximum absolute atomic E-state index is 11.4. The minimum Gasteiger partial charge on any atom is -0.481 e. The predicted molar refractivity (Wildman–Crippen MR) is 81.5 cm³/mol. The highest BCUT2D eigenvalue weighted by molar-refractivity contribution is 6.31. The number of aliphatic carboxylic acids is 1. The first-order valence-corrected chi connectivity index (χ1v) is 7.43. The van der Waals surface area contributed by atoms with Crippen LogP contribution in [0.25, 0.3) is 0 Å². The van der Waals surface area contributed by atoms with Gasteiger partial charge in [-0.15, -0.1) is 0 Å². The maximum atomic E-state index is 11.4. The van der Waals surface area contributed by atoms with E-state index in [9.17, 15) is 14.7 Å². The van der Waals surface area contributed by atoms with E-state index in [0.717, 1.165) is 19.3 Å². The minimum absolute atomic E-state index is 0.0626. The summed E-state index contributed by atoms with van der Waals surface area (Å²) in [6.07, 6.45) is 3.59. The van der Waals surface area contributed by atoms with E-state index in [4.69, 9.17) is 17.3 Å². The van der Waals surface area contributed by atoms with E-state index >= 15 is 0 Å². The van der Waals surface area contributed by atoms with E-state index in [1.807, 2.05) is 0 Å². The van der Waals surface area contributed by atoms with Gasteiger partial charge in [-0.25, -0.2) is 0 Å². The van der Waals surface area contributed by atoms with Gasteiger partial charge in [0.25, 0.3) is 5.91 Å². The van der Waals surface area contributed by atoms with Crippen molar-refractivity contribution in [1.82, 2.24) is 0 Å². The molecular formula is C15H19ClN2O3. The van der Waals surface area contributed by atoms with E-state index < -0.39 is 11.9 Å². The smallest absolute Gasteiger partial charge is 0.306 e. The Morgan fingerprint density at radius 3 is 2.71 bits per heavy atom. The number of hydrogen-bond acceptors (Lipinski definition) is 3. The fraction of sp³-hybridized carbons (Fsp3) is 0.467. The molecule has 1 fully saturated rings. The van der Waals surface area contributed by atoms with Gasteiger partial charge in [0.15, 0.2) is 0 Å². The summed E-state index contributed by atoms with van der Waals surface area (Å²) in [4.78, 5) is 22.7. The van der Waals surface area contributed by atoms with Crippen LogP contribution in [-0.2, 0) is 4.79 Å². The fourth-order valence-corrected chi connectivity index (χ4v) is 3.06. The van der Waals surface area contributed by atoms with Gasteiger partial charge in [-0.3, -0.25) is 9.59 Å². The lowest BCUT2D eigenvalue weighted by molar-refractivity contribution is -0.144. The quantitative estimate of drug-likeness (QED) is 0.779. The zero-order valence-electron chi connectivity index (χ0n) is 11.6. The second-order valence-corrected chi connectivity index (χ2v) is 5.86. The second kappa shape index (κ2) is 6.80. The highest BCUT2D eigenvalue weighted by Gasteiger charge is 2.30. The number of carboxylic acid groups (broad SMARTS) is 1. The summed E-state index contributed by atoms with van der Waals surface area (Å²) < 4.78 is 0. The highest BCUT2D eigenvalue weighted by atomic mass is 35.5. The maximum Gasteiger partial charge on any atom is 0.306 e. The van der Waals surface area contributed by atoms with E-state index in [0.29, 0.717) is 29.2 Å². The molecule has 5 nitrogen and oxygen atoms in total. The molecule has 4 N–H and O–H groups in total. The molecule has 2 rings (SSSR count). The summed E-state index contributed by atoms with van der Waals surface area (Å²) in [7, 11) is 0. The molecule has 1 aromatic carbocycles. The van der Waals surface area contributed by atoms with Crippen molar-refractivity contribution in [2.24, 2.45) is 17.6 Å². The topological polar surface area (TPSA) is 92.4 Å². The zero-order chi connectivity index (χ0) is 15.4. The Morgan fingerprint density at radius 1 is 1.33 bits per heavy atom. The van der Waals surface area contributed by atoms with Crippen LogP contribution in [0.3, 0.4) is 0 Å². The van der Waals surface area contributed by atoms with Gasteiger partial charge in [-0.05, 0) is 37.0 Å². The van der Waals surface area contributed by atoms with Crippen molar-refractivity contribution in [3.63, 3.8) is 0 Å². The number of carbonyl (C=O) groups excluding carboxylic acids is 1. The molecule has 1 aromatic rings. The number of carbonyl (C=O) groups is 2. The molecule has 21 heavy (non-hydrogen) atoms. The molecule has 1 saturated carbocycles. The van der Waals surface area contributed by atoms with E-state index in [1.165, 1.54) is 6.07 Å². The molecular weight excluding hydrogens is 292 g/mol. The number of primary amides is 1. The molecule has 2 unspecified atom stereocenters. The van der Waals surface area contributed by atoms with E-state index in [-0.39, 0.29) is 11.8 Å². The lowest BCUT2D eigenvalue weighted by Gasteiger charge is -2.29. The van der Waals surface area contributed by atoms with Crippen molar-refractivity contribution in [1.29, 1.82) is 0 Å². The molecule has 6 heteroatoms. The summed E-state index contributed by atoms with van der Waals surface area (Å²) in [5.41, 5.74) is 6.26. The molecule has 2 atom stereocenters. The fourth-order valence-electron chi connectivity index (χ4n) is 2.89. The Balaban J connectivity index is 2.08. The number of amides is 1. The molecule has 1 amide bonds. The summed E-state index contributed by atoms with van der Waals surface area (Å²) in [6, 6.07) is 4.88. The molecule has 0 saturated heterocycles. The molecule has 0 aromatic heterocycles. The van der Waals surface area contributed by atoms with Crippen molar-refractivity contribution >= 4 is 29.2 Å². The lowest BCUT2D eigenvalue weighted by Crippen LogP contribution is -2.32. The third kappa shape index (κ3) is 3.88. The van der Waals surface area contributed by atoms with Crippen molar-refractivity contribution in [3.05, 3.63) is 28.8 Å². The van der Waals surface area contributed by atoms with E-state index in [2.05, 4.69) is 5.32 Å². The Kier molecular flexibility index (Phi) is 5.07. The number of rotatable bonds is 5. The van der Waals surface area contributed by atoms with Gasteiger partial charge in [-0.1, -0.05) is 24.4 Å². The van der Waals surface area contributed by atoms with Gasteiger partial charge in [0, 0.05) is 17.3 Å². The lowest BCUT2D eigenvalue weighted by atomic mass is 9.79. The van der Waals surface area contributed by atoms with Gasteiger partial charge in [0.2, 0.25) is 0 Å². The molecule has 0 radical (unpaired) electrons. The molecule has 0 bridgehead atoms. The summed E-state index contributed by atoms with van der Waals surface area (Å²) >= 11 is 5.86. The van der Waals surface area contributed by atoms with Crippen LogP contribution in [0.4, 0.5) is 5.69 Å². The van der Waals surface area contributed by atoms with Crippen LogP contribution in [0.2, 0.25) is 5.02 Å². The number of anilines is 1. The number of carboxylic acids is 1. The number of nitrogens with one attached hydrogen (secondary N) is 1. The average Bonchev–Trinajstić information content (AvgIpc) is 2.46. The molecule has 0 spiro atoms. The van der Waals surface area contributed by atoms with Crippen molar-refractivity contribution in [2.75, 3.05) is 11.9 Å². The molecule has 1 aliphatic rings. The average molecular weight is 311 g/mol. The molecule has 0 aliphatic heterocycles. The molecule has 114 valence electrons. The Hall–Kier alpha value is -1.75. The van der Waals surface area contributed by atoms with Crippen LogP contribution in [0.15, 0.2) is 18.2 Å². The van der Waals surface area contributed by atoms with E-state index in [1.54, 1.807) is 12.1 Å². The minimum atomic E-state index is -0.743. The van der Waals surface area contributed by atoms with Crippen LogP contribution in [0, 0.1) is 11.8 Å². The largest absolute Gasteiger partial charge is 0.481 e. The Bertz CT molecular complexity index is 548. The SMILES string of the molecule is NC(=O)c1cc(Cl)ccc1NCC1CCCCC1C(=O)O. The highest BCUT2D eigenvalue weighted by Crippen LogP contribution is 2.31. The summed E-state index contributed by atoms with van der Waals surface area (Å²) in [6.45, 7) is 0.513. The Labute approximate surface area is 128 Å². The standard InChI is InChI=1S/C15H19ClN2O3/c16-10-5-6-13(12(7-10)14(17)19)18-8-9-3-1-2-4-11(9)15(20)21/h5-7,9,11,18H,1-4,8H2,(H2,17,19)(H,20,21). The number of nitrogens with two attached hydrogens (primary N) is 1. The number of halogens is 1. The monoisotopic (exact) mass is 310 g/mol. The Morgan fingerprint density at radius 2 is 2.05 bits per heavy atom. The van der Waals surface area contributed by atoms with Crippen molar-refractivity contribution in [3.8, 4) is 0 Å². The third-order valence-electron chi connectivity index (χ3n) is 4.03. The number of benzene rings is 1. The summed E-state index contributed by atoms with van der Waals surface area (Å²) in [5.74, 6) is -1.56. The van der Waals surface area contributed by atoms with Gasteiger partial charge in [0.1, 0.15) is 0 Å². The predicted octanol–water partition coefficient (Wildman–Crippen LogP) is 2.74. The first-order valence-electron chi connectivity index (χ1n) is 7.05.